The first-order valence-corrected chi connectivity index (χ1v) is 3.75. The highest BCUT2D eigenvalue weighted by molar-refractivity contribution is 14.1. The van der Waals surface area contributed by atoms with Gasteiger partial charge in [-0.2, -0.15) is 0 Å². The summed E-state index contributed by atoms with van der Waals surface area (Å²) >= 11 is 2.11. The van der Waals surface area contributed by atoms with Crippen molar-refractivity contribution in [1.29, 1.82) is 0 Å². The second-order valence-electron chi connectivity index (χ2n) is 1.79. The zero-order valence-corrected chi connectivity index (χ0v) is 7.16. The van der Waals surface area contributed by atoms with Gasteiger partial charge in [0.1, 0.15) is 0 Å². The third kappa shape index (κ3) is 1.70. The predicted octanol–water partition coefficient (Wildman–Crippen LogP) is 1.86. The molecule has 0 atom stereocenters. The molecule has 1 aromatic rings. The second kappa shape index (κ2) is 3.01. The molecule has 0 aliphatic carbocycles. The third-order valence-corrected chi connectivity index (χ3v) is 1.80. The normalized spacial score (nSPS) is 9.30. The van der Waals surface area contributed by atoms with E-state index in [2.05, 4.69) is 22.6 Å². The maximum atomic E-state index is 10.2. The van der Waals surface area contributed by atoms with Crippen LogP contribution in [-0.2, 0) is 5.11 Å². The van der Waals surface area contributed by atoms with Gasteiger partial charge in [-0.1, -0.05) is 0 Å². The molecule has 0 aliphatic heterocycles. The molecular weight excluding hydrogens is 243 g/mol. The van der Waals surface area contributed by atoms with Crippen LogP contribution in [0, 0.1) is 3.57 Å². The summed E-state index contributed by atoms with van der Waals surface area (Å²) in [4.78, 5) is 10.2. The van der Waals surface area contributed by atoms with Crippen molar-refractivity contribution in [2.45, 2.75) is 0 Å². The Balaban J connectivity index is 3.00. The third-order valence-electron chi connectivity index (χ3n) is 1.08. The first-order chi connectivity index (χ1) is 4.70. The summed E-state index contributed by atoms with van der Waals surface area (Å²) < 4.78 is 1.02. The Morgan fingerprint density at radius 2 is 1.70 bits per heavy atom. The van der Waals surface area contributed by atoms with Gasteiger partial charge in [0.2, 0.25) is 0 Å². The Morgan fingerprint density at radius 3 is 2.10 bits per heavy atom. The van der Waals surface area contributed by atoms with E-state index in [1.165, 1.54) is 12.1 Å². The molecule has 3 heteroatoms. The summed E-state index contributed by atoms with van der Waals surface area (Å²) in [7, 11) is 0. The van der Waals surface area contributed by atoms with Gasteiger partial charge in [0.25, 0.3) is 0 Å². The van der Waals surface area contributed by atoms with Crippen LogP contribution in [0.3, 0.4) is 0 Å². The summed E-state index contributed by atoms with van der Waals surface area (Å²) in [6.07, 6.45) is 0. The first kappa shape index (κ1) is 7.53. The van der Waals surface area contributed by atoms with Crippen molar-refractivity contribution in [3.05, 3.63) is 33.4 Å². The number of hydrogen-bond acceptors (Lipinski definition) is 1. The summed E-state index contributed by atoms with van der Waals surface area (Å²) in [6.45, 7) is 0. The number of carbonyl (C=O) groups excluding carboxylic acids is 1. The molecule has 10 heavy (non-hydrogen) atoms. The van der Waals surface area contributed by atoms with Crippen molar-refractivity contribution >= 4 is 28.6 Å². The Hall–Kier alpha value is -0.580. The lowest BCUT2D eigenvalue weighted by atomic mass is 10.2. The molecule has 0 spiro atoms. The van der Waals surface area contributed by atoms with Gasteiger partial charge in [0.15, 0.2) is 0 Å². The van der Waals surface area contributed by atoms with Gasteiger partial charge in [-0.15, -0.1) is 0 Å². The highest BCUT2D eigenvalue weighted by Crippen LogP contribution is 2.06. The van der Waals surface area contributed by atoms with Gasteiger partial charge in [-0.3, -0.25) is 0 Å². The molecule has 0 fully saturated rings. The molecule has 0 saturated heterocycles. The highest BCUT2D eigenvalue weighted by Gasteiger charge is 2.01. The van der Waals surface area contributed by atoms with Gasteiger partial charge in [-0.05, 0) is 46.9 Å². The van der Waals surface area contributed by atoms with Crippen LogP contribution in [0.2, 0.25) is 0 Å². The van der Waals surface area contributed by atoms with Crippen LogP contribution in [0.15, 0.2) is 24.3 Å². The average Bonchev–Trinajstić information content (AvgIpc) is 1.88. The smallest absolute Gasteiger partial charge is 0.242 e. The van der Waals surface area contributed by atoms with Crippen molar-refractivity contribution in [2.24, 2.45) is 0 Å². The van der Waals surface area contributed by atoms with E-state index in [0.29, 0.717) is 0 Å². The van der Waals surface area contributed by atoms with E-state index in [0.717, 1.165) is 3.57 Å². The monoisotopic (exact) mass is 247 g/mol. The number of hydrogen-bond donors (Lipinski definition) is 0. The van der Waals surface area contributed by atoms with E-state index in [-0.39, 0.29) is 5.56 Å². The Morgan fingerprint density at radius 1 is 1.20 bits per heavy atom. The lowest BCUT2D eigenvalue weighted by molar-refractivity contribution is 0.0573. The molecule has 2 nitrogen and oxygen atoms in total. The zero-order chi connectivity index (χ0) is 7.56. The minimum Gasteiger partial charge on any atom is -0.242 e. The van der Waals surface area contributed by atoms with Gasteiger partial charge in [0, 0.05) is 3.57 Å². The SMILES string of the molecule is [O]C(=O)c1ccc(I)cc1. The molecule has 0 bridgehead atoms. The molecule has 0 heterocycles. The largest absolute Gasteiger partial charge is 0.386 e. The Kier molecular flexibility index (Phi) is 2.26. The summed E-state index contributed by atoms with van der Waals surface area (Å²) in [5.41, 5.74) is 0.223. The van der Waals surface area contributed by atoms with E-state index in [1.807, 2.05) is 0 Å². The van der Waals surface area contributed by atoms with Crippen LogP contribution in [0.4, 0.5) is 0 Å². The van der Waals surface area contributed by atoms with Crippen LogP contribution in [0.5, 0.6) is 0 Å². The van der Waals surface area contributed by atoms with Crippen LogP contribution >= 0.6 is 22.6 Å². The molecule has 0 amide bonds. The van der Waals surface area contributed by atoms with Gasteiger partial charge in [-0.25, -0.2) is 9.90 Å². The van der Waals surface area contributed by atoms with E-state index in [4.69, 9.17) is 0 Å². The highest BCUT2D eigenvalue weighted by atomic mass is 127. The van der Waals surface area contributed by atoms with Crippen LogP contribution < -0.4 is 0 Å². The van der Waals surface area contributed by atoms with Crippen LogP contribution in [-0.4, -0.2) is 5.97 Å². The maximum absolute atomic E-state index is 10.2. The van der Waals surface area contributed by atoms with Crippen LogP contribution in [0.25, 0.3) is 0 Å². The molecule has 1 rings (SSSR count). The molecule has 0 unspecified atom stereocenters. The fraction of sp³-hybridized carbons (Fsp3) is 0. The summed E-state index contributed by atoms with van der Waals surface area (Å²) in [6, 6.07) is 6.51. The quantitative estimate of drug-likeness (QED) is 0.698. The van der Waals surface area contributed by atoms with Crippen molar-refractivity contribution in [1.82, 2.24) is 0 Å². The molecule has 51 valence electrons. The molecular formula is C7H4IO2. The van der Waals surface area contributed by atoms with Crippen molar-refractivity contribution in [3.63, 3.8) is 0 Å². The number of benzene rings is 1. The summed E-state index contributed by atoms with van der Waals surface area (Å²) in [5, 5.41) is 10.2. The predicted molar refractivity (Wildman–Crippen MR) is 44.2 cm³/mol. The lowest BCUT2D eigenvalue weighted by Crippen LogP contribution is -1.92. The fourth-order valence-electron chi connectivity index (χ4n) is 0.586. The van der Waals surface area contributed by atoms with Crippen LogP contribution in [0.1, 0.15) is 10.4 Å². The number of carbonyl (C=O) groups is 1. The minimum atomic E-state index is -1.13. The first-order valence-electron chi connectivity index (χ1n) is 2.67. The van der Waals surface area contributed by atoms with E-state index in [1.54, 1.807) is 12.1 Å². The average molecular weight is 247 g/mol. The van der Waals surface area contributed by atoms with Gasteiger partial charge < -0.3 is 0 Å². The second-order valence-corrected chi connectivity index (χ2v) is 3.04. The maximum Gasteiger partial charge on any atom is 0.386 e. The molecule has 0 aliphatic rings. The van der Waals surface area contributed by atoms with E-state index < -0.39 is 5.97 Å². The molecule has 0 aromatic heterocycles. The Bertz CT molecular complexity index is 240. The Labute approximate surface area is 72.0 Å². The zero-order valence-electron chi connectivity index (χ0n) is 5.00. The molecule has 1 radical (unpaired) electrons. The standard InChI is InChI=1S/C7H4IO2/c8-6-3-1-5(2-4-6)7(9)10/h1-4H. The van der Waals surface area contributed by atoms with Crippen molar-refractivity contribution in [3.8, 4) is 0 Å². The van der Waals surface area contributed by atoms with Crippen molar-refractivity contribution in [2.75, 3.05) is 0 Å². The molecule has 1 aromatic carbocycles. The molecule has 0 N–H and O–H groups in total. The molecule has 0 saturated carbocycles. The minimum absolute atomic E-state index is 0.223. The fourth-order valence-corrected chi connectivity index (χ4v) is 0.946. The summed E-state index contributed by atoms with van der Waals surface area (Å²) in [5.74, 6) is -1.13. The van der Waals surface area contributed by atoms with E-state index >= 15 is 0 Å². The van der Waals surface area contributed by atoms with Crippen molar-refractivity contribution < 1.29 is 9.90 Å². The van der Waals surface area contributed by atoms with Gasteiger partial charge in [0.05, 0.1) is 5.56 Å². The topological polar surface area (TPSA) is 37.0 Å². The number of halogens is 1. The van der Waals surface area contributed by atoms with Gasteiger partial charge >= 0.3 is 5.97 Å². The van der Waals surface area contributed by atoms with E-state index in [9.17, 15) is 9.90 Å². The lowest BCUT2D eigenvalue weighted by Gasteiger charge is -1.89. The number of rotatable bonds is 1.